The molecular weight excluding hydrogens is 256 g/mol. The van der Waals surface area contributed by atoms with E-state index in [0.29, 0.717) is 12.0 Å². The molecule has 0 aliphatic rings. The topological polar surface area (TPSA) is 17.8 Å². The lowest BCUT2D eigenvalue weighted by Gasteiger charge is -2.23. The highest BCUT2D eigenvalue weighted by Crippen LogP contribution is 2.32. The van der Waals surface area contributed by atoms with E-state index in [1.807, 2.05) is 6.92 Å². The van der Waals surface area contributed by atoms with Crippen LogP contribution in [0.2, 0.25) is 0 Å². The van der Waals surface area contributed by atoms with Gasteiger partial charge in [-0.1, -0.05) is 32.4 Å². The molecule has 19 heavy (non-hydrogen) atoms. The van der Waals surface area contributed by atoms with Crippen LogP contribution in [-0.2, 0) is 0 Å². The van der Waals surface area contributed by atoms with Crippen LogP contribution in [0.4, 0.5) is 0 Å². The van der Waals surface area contributed by atoms with Crippen molar-refractivity contribution in [3.8, 4) is 0 Å². The number of benzene rings is 1. The zero-order valence-electron chi connectivity index (χ0n) is 12.4. The van der Waals surface area contributed by atoms with Crippen molar-refractivity contribution in [1.29, 1.82) is 0 Å². The van der Waals surface area contributed by atoms with Crippen molar-refractivity contribution in [3.63, 3.8) is 0 Å². The van der Waals surface area contributed by atoms with Gasteiger partial charge in [0, 0.05) is 6.04 Å². The first-order valence-corrected chi connectivity index (χ1v) is 7.52. The van der Waals surface area contributed by atoms with E-state index in [-0.39, 0.29) is 5.38 Å². The molecule has 1 aromatic carbocycles. The van der Waals surface area contributed by atoms with Crippen molar-refractivity contribution in [1.82, 2.24) is 9.55 Å². The van der Waals surface area contributed by atoms with Crippen LogP contribution < -0.4 is 0 Å². The summed E-state index contributed by atoms with van der Waals surface area (Å²) in [6.45, 7) is 10.9. The van der Waals surface area contributed by atoms with Crippen LogP contribution in [0.25, 0.3) is 11.0 Å². The third-order valence-corrected chi connectivity index (χ3v) is 4.37. The fourth-order valence-corrected chi connectivity index (χ4v) is 2.73. The second-order valence-corrected chi connectivity index (χ2v) is 6.18. The molecule has 2 rings (SSSR count). The second-order valence-electron chi connectivity index (χ2n) is 5.52. The van der Waals surface area contributed by atoms with Gasteiger partial charge in [0.15, 0.2) is 0 Å². The molecule has 1 heterocycles. The lowest BCUT2D eigenvalue weighted by atomic mass is 10.00. The normalized spacial score (nSPS) is 16.5. The first kappa shape index (κ1) is 14.4. The van der Waals surface area contributed by atoms with Crippen molar-refractivity contribution < 1.29 is 0 Å². The van der Waals surface area contributed by atoms with Gasteiger partial charge in [-0.25, -0.2) is 4.98 Å². The van der Waals surface area contributed by atoms with E-state index in [0.717, 1.165) is 17.8 Å². The molecule has 2 aromatic rings. The van der Waals surface area contributed by atoms with E-state index < -0.39 is 0 Å². The highest BCUT2D eigenvalue weighted by atomic mass is 35.5. The number of aryl methyl sites for hydroxylation is 1. The molecule has 0 aliphatic heterocycles. The van der Waals surface area contributed by atoms with E-state index in [9.17, 15) is 0 Å². The van der Waals surface area contributed by atoms with Gasteiger partial charge in [0.2, 0.25) is 0 Å². The number of hydrogen-bond acceptors (Lipinski definition) is 1. The number of halogens is 1. The number of aromatic nitrogens is 2. The zero-order valence-corrected chi connectivity index (χ0v) is 13.2. The molecule has 3 atom stereocenters. The minimum atomic E-state index is -0.0710. The molecule has 3 unspecified atom stereocenters. The van der Waals surface area contributed by atoms with Gasteiger partial charge in [-0.3, -0.25) is 0 Å². The van der Waals surface area contributed by atoms with E-state index in [2.05, 4.69) is 50.5 Å². The van der Waals surface area contributed by atoms with Gasteiger partial charge in [-0.15, -0.1) is 11.6 Å². The molecule has 3 heteroatoms. The van der Waals surface area contributed by atoms with Gasteiger partial charge < -0.3 is 4.57 Å². The average molecular weight is 279 g/mol. The van der Waals surface area contributed by atoms with E-state index in [4.69, 9.17) is 16.6 Å². The third kappa shape index (κ3) is 2.51. The van der Waals surface area contributed by atoms with Crippen molar-refractivity contribution in [2.45, 2.75) is 52.5 Å². The third-order valence-electron chi connectivity index (χ3n) is 4.18. The SMILES string of the molecule is CCC(C)C(C)n1c(C(C)Cl)nc2c(C)cccc21. The van der Waals surface area contributed by atoms with Crippen molar-refractivity contribution in [2.24, 2.45) is 5.92 Å². The molecule has 0 amide bonds. The van der Waals surface area contributed by atoms with Gasteiger partial charge in [0.05, 0.1) is 16.4 Å². The van der Waals surface area contributed by atoms with Crippen molar-refractivity contribution >= 4 is 22.6 Å². The van der Waals surface area contributed by atoms with Crippen LogP contribution in [0, 0.1) is 12.8 Å². The number of imidazole rings is 1. The molecule has 0 saturated heterocycles. The Hall–Kier alpha value is -1.02. The highest BCUT2D eigenvalue weighted by Gasteiger charge is 2.22. The van der Waals surface area contributed by atoms with Crippen LogP contribution in [0.1, 0.15) is 56.9 Å². The number of nitrogens with zero attached hydrogens (tertiary/aromatic N) is 2. The van der Waals surface area contributed by atoms with Crippen molar-refractivity contribution in [2.75, 3.05) is 0 Å². The maximum absolute atomic E-state index is 6.34. The standard InChI is InChI=1S/C16H23ClN2/c1-6-10(2)13(5)19-14-9-7-8-11(3)15(14)18-16(19)12(4)17/h7-10,12-13H,6H2,1-5H3. The van der Waals surface area contributed by atoms with Crippen LogP contribution in [-0.4, -0.2) is 9.55 Å². The molecule has 0 N–H and O–H groups in total. The van der Waals surface area contributed by atoms with E-state index in [1.165, 1.54) is 11.1 Å². The lowest BCUT2D eigenvalue weighted by molar-refractivity contribution is 0.369. The fourth-order valence-electron chi connectivity index (χ4n) is 2.58. The van der Waals surface area contributed by atoms with Gasteiger partial charge in [0.1, 0.15) is 5.82 Å². The number of alkyl halides is 1. The monoisotopic (exact) mass is 278 g/mol. The summed E-state index contributed by atoms with van der Waals surface area (Å²) in [4.78, 5) is 4.78. The summed E-state index contributed by atoms with van der Waals surface area (Å²) in [5.41, 5.74) is 3.50. The molecule has 0 bridgehead atoms. The van der Waals surface area contributed by atoms with Crippen LogP contribution >= 0.6 is 11.6 Å². The maximum atomic E-state index is 6.34. The number of rotatable bonds is 4. The summed E-state index contributed by atoms with van der Waals surface area (Å²) in [7, 11) is 0. The fraction of sp³-hybridized carbons (Fsp3) is 0.562. The molecule has 0 aliphatic carbocycles. The van der Waals surface area contributed by atoms with Crippen LogP contribution in [0.15, 0.2) is 18.2 Å². The summed E-state index contributed by atoms with van der Waals surface area (Å²) in [5.74, 6) is 1.59. The average Bonchev–Trinajstić information content (AvgIpc) is 2.78. The Morgan fingerprint density at radius 1 is 1.26 bits per heavy atom. The van der Waals surface area contributed by atoms with E-state index in [1.54, 1.807) is 0 Å². The molecule has 104 valence electrons. The molecule has 0 fully saturated rings. The molecule has 0 saturated carbocycles. The molecule has 1 aromatic heterocycles. The highest BCUT2D eigenvalue weighted by molar-refractivity contribution is 6.20. The van der Waals surface area contributed by atoms with Gasteiger partial charge in [0.25, 0.3) is 0 Å². The van der Waals surface area contributed by atoms with E-state index >= 15 is 0 Å². The molecule has 2 nitrogen and oxygen atoms in total. The smallest absolute Gasteiger partial charge is 0.127 e. The predicted octanol–water partition coefficient (Wildman–Crippen LogP) is 5.25. The summed E-state index contributed by atoms with van der Waals surface area (Å²) < 4.78 is 2.33. The second kappa shape index (κ2) is 5.54. The minimum absolute atomic E-state index is 0.0710. The first-order chi connectivity index (χ1) is 8.97. The Balaban J connectivity index is 2.69. The summed E-state index contributed by atoms with van der Waals surface area (Å²) in [5, 5.41) is -0.0710. The first-order valence-electron chi connectivity index (χ1n) is 7.08. The molecule has 0 spiro atoms. The lowest BCUT2D eigenvalue weighted by Crippen LogP contribution is -2.16. The summed E-state index contributed by atoms with van der Waals surface area (Å²) >= 11 is 6.34. The number of hydrogen-bond donors (Lipinski definition) is 0. The van der Waals surface area contributed by atoms with Crippen LogP contribution in [0.3, 0.4) is 0 Å². The Morgan fingerprint density at radius 2 is 1.95 bits per heavy atom. The Kier molecular flexibility index (Phi) is 4.19. The van der Waals surface area contributed by atoms with Crippen molar-refractivity contribution in [3.05, 3.63) is 29.6 Å². The minimum Gasteiger partial charge on any atom is -0.324 e. The quantitative estimate of drug-likeness (QED) is 0.698. The summed E-state index contributed by atoms with van der Waals surface area (Å²) in [6, 6.07) is 6.77. The Bertz CT molecular complexity index is 571. The molecule has 0 radical (unpaired) electrons. The van der Waals surface area contributed by atoms with Crippen LogP contribution in [0.5, 0.6) is 0 Å². The predicted molar refractivity (Wildman–Crippen MR) is 82.9 cm³/mol. The maximum Gasteiger partial charge on any atom is 0.127 e. The van der Waals surface area contributed by atoms with Gasteiger partial charge in [-0.2, -0.15) is 0 Å². The largest absolute Gasteiger partial charge is 0.324 e. The zero-order chi connectivity index (χ0) is 14.2. The molecular formula is C16H23ClN2. The van der Waals surface area contributed by atoms with Gasteiger partial charge in [-0.05, 0) is 38.3 Å². The number of fused-ring (bicyclic) bond motifs is 1. The Labute approximate surface area is 120 Å². The summed E-state index contributed by atoms with van der Waals surface area (Å²) in [6.07, 6.45) is 1.16. The number of para-hydroxylation sites is 1. The van der Waals surface area contributed by atoms with Gasteiger partial charge >= 0.3 is 0 Å². The Morgan fingerprint density at radius 3 is 2.53 bits per heavy atom.